The molecule has 0 saturated carbocycles. The number of halogens is 1. The van der Waals surface area contributed by atoms with E-state index in [-0.39, 0.29) is 11.0 Å². The van der Waals surface area contributed by atoms with Gasteiger partial charge < -0.3 is 5.32 Å². The number of pyridine rings is 1. The minimum Gasteiger partial charge on any atom is -0.305 e. The van der Waals surface area contributed by atoms with Gasteiger partial charge in [-0.05, 0) is 35.9 Å². The topological polar surface area (TPSA) is 85.6 Å². The van der Waals surface area contributed by atoms with E-state index in [2.05, 4.69) is 25.3 Å². The molecule has 4 rings (SSSR count). The summed E-state index contributed by atoms with van der Waals surface area (Å²) in [6.45, 7) is 0. The Hall–Kier alpha value is -3.32. The molecule has 0 aliphatic heterocycles. The molecule has 122 valence electrons. The highest BCUT2D eigenvalue weighted by molar-refractivity contribution is 6.28. The monoisotopic (exact) mass is 350 g/mol. The van der Waals surface area contributed by atoms with Gasteiger partial charge in [-0.2, -0.15) is 0 Å². The Balaban J connectivity index is 1.59. The number of anilines is 1. The van der Waals surface area contributed by atoms with Gasteiger partial charge in [-0.1, -0.05) is 18.2 Å². The minimum absolute atomic E-state index is 0.0590. The molecule has 0 atom stereocenters. The molecular formula is C17H11ClN6O. The van der Waals surface area contributed by atoms with Crippen LogP contribution in [0.1, 0.15) is 10.5 Å². The largest absolute Gasteiger partial charge is 0.305 e. The first kappa shape index (κ1) is 15.2. The van der Waals surface area contributed by atoms with Crippen LogP contribution in [0.4, 0.5) is 5.82 Å². The number of para-hydroxylation sites is 1. The summed E-state index contributed by atoms with van der Waals surface area (Å²) in [6, 6.07) is 13.2. The first-order valence-electron chi connectivity index (χ1n) is 7.39. The van der Waals surface area contributed by atoms with Gasteiger partial charge in [-0.25, -0.2) is 19.9 Å². The van der Waals surface area contributed by atoms with E-state index in [9.17, 15) is 4.79 Å². The molecule has 7 nitrogen and oxygen atoms in total. The fourth-order valence-corrected chi connectivity index (χ4v) is 2.50. The fraction of sp³-hybridized carbons (Fsp3) is 0. The number of hydrogen-bond donors (Lipinski definition) is 1. The van der Waals surface area contributed by atoms with Crippen molar-refractivity contribution in [2.45, 2.75) is 0 Å². The first-order valence-corrected chi connectivity index (χ1v) is 7.77. The molecule has 1 amide bonds. The molecule has 3 aromatic heterocycles. The molecule has 0 aliphatic carbocycles. The lowest BCUT2D eigenvalue weighted by atomic mass is 10.2. The van der Waals surface area contributed by atoms with Crippen molar-refractivity contribution >= 4 is 34.2 Å². The van der Waals surface area contributed by atoms with E-state index >= 15 is 0 Å². The van der Waals surface area contributed by atoms with E-state index in [0.29, 0.717) is 11.6 Å². The average molecular weight is 351 g/mol. The van der Waals surface area contributed by atoms with Crippen LogP contribution in [0.5, 0.6) is 0 Å². The van der Waals surface area contributed by atoms with Gasteiger partial charge in [0.25, 0.3) is 5.91 Å². The van der Waals surface area contributed by atoms with Gasteiger partial charge in [0.2, 0.25) is 5.28 Å². The molecule has 0 bridgehead atoms. The summed E-state index contributed by atoms with van der Waals surface area (Å²) in [6.07, 6.45) is 4.61. The number of nitrogens with one attached hydrogen (secondary N) is 1. The molecule has 0 saturated heterocycles. The van der Waals surface area contributed by atoms with E-state index in [0.717, 1.165) is 10.9 Å². The van der Waals surface area contributed by atoms with Crippen LogP contribution in [-0.4, -0.2) is 30.4 Å². The zero-order valence-corrected chi connectivity index (χ0v) is 13.6. The molecule has 0 aliphatic rings. The maximum Gasteiger partial charge on any atom is 0.277 e. The molecule has 4 aromatic rings. The predicted molar refractivity (Wildman–Crippen MR) is 93.9 cm³/mol. The summed E-state index contributed by atoms with van der Waals surface area (Å²) in [7, 11) is 0. The van der Waals surface area contributed by atoms with Crippen LogP contribution in [0.25, 0.3) is 16.7 Å². The smallest absolute Gasteiger partial charge is 0.277 e. The number of nitrogens with zero attached hydrogens (tertiary/aromatic N) is 5. The Morgan fingerprint density at radius 3 is 2.80 bits per heavy atom. The fourth-order valence-electron chi connectivity index (χ4n) is 2.35. The Kier molecular flexibility index (Phi) is 3.83. The number of rotatable bonds is 3. The Labute approximate surface area is 147 Å². The van der Waals surface area contributed by atoms with Gasteiger partial charge in [-0.3, -0.25) is 9.36 Å². The van der Waals surface area contributed by atoms with Crippen molar-refractivity contribution < 1.29 is 4.79 Å². The zero-order chi connectivity index (χ0) is 17.2. The van der Waals surface area contributed by atoms with Crippen molar-refractivity contribution in [2.24, 2.45) is 0 Å². The Bertz CT molecular complexity index is 1080. The van der Waals surface area contributed by atoms with E-state index in [4.69, 9.17) is 11.6 Å². The van der Waals surface area contributed by atoms with Gasteiger partial charge in [0, 0.05) is 17.8 Å². The molecule has 0 spiro atoms. The second kappa shape index (κ2) is 6.29. The highest BCUT2D eigenvalue weighted by Gasteiger charge is 2.12. The molecule has 25 heavy (non-hydrogen) atoms. The molecule has 0 unspecified atom stereocenters. The SMILES string of the molecule is O=C(Nc1ccnc(Cl)n1)c1cn(-c2ccc3ccccc3n2)cn1. The van der Waals surface area contributed by atoms with Crippen LogP contribution >= 0.6 is 11.6 Å². The molecule has 0 radical (unpaired) electrons. The van der Waals surface area contributed by atoms with Crippen LogP contribution in [0.15, 0.2) is 61.2 Å². The second-order valence-electron chi connectivity index (χ2n) is 5.19. The number of aromatic nitrogens is 5. The Morgan fingerprint density at radius 2 is 1.92 bits per heavy atom. The normalized spacial score (nSPS) is 10.8. The lowest BCUT2D eigenvalue weighted by Crippen LogP contribution is -2.13. The quantitative estimate of drug-likeness (QED) is 0.574. The average Bonchev–Trinajstić information content (AvgIpc) is 3.12. The summed E-state index contributed by atoms with van der Waals surface area (Å²) in [5.74, 6) is 0.591. The van der Waals surface area contributed by atoms with Crippen LogP contribution < -0.4 is 5.32 Å². The highest BCUT2D eigenvalue weighted by Crippen LogP contribution is 2.15. The molecular weight excluding hydrogens is 340 g/mol. The van der Waals surface area contributed by atoms with Crippen molar-refractivity contribution in [1.82, 2.24) is 24.5 Å². The number of hydrogen-bond acceptors (Lipinski definition) is 5. The molecule has 1 aromatic carbocycles. The van der Waals surface area contributed by atoms with Crippen LogP contribution in [-0.2, 0) is 0 Å². The van der Waals surface area contributed by atoms with Crippen molar-refractivity contribution in [2.75, 3.05) is 5.32 Å². The van der Waals surface area contributed by atoms with Gasteiger partial charge in [-0.15, -0.1) is 0 Å². The highest BCUT2D eigenvalue weighted by atomic mass is 35.5. The van der Waals surface area contributed by atoms with Crippen molar-refractivity contribution in [3.8, 4) is 5.82 Å². The van der Waals surface area contributed by atoms with Crippen LogP contribution in [0, 0.1) is 0 Å². The third-order valence-electron chi connectivity index (χ3n) is 3.53. The third-order valence-corrected chi connectivity index (χ3v) is 3.71. The molecule has 0 fully saturated rings. The van der Waals surface area contributed by atoms with Crippen molar-refractivity contribution in [3.63, 3.8) is 0 Å². The van der Waals surface area contributed by atoms with Crippen LogP contribution in [0.2, 0.25) is 5.28 Å². The maximum absolute atomic E-state index is 12.3. The minimum atomic E-state index is -0.394. The summed E-state index contributed by atoms with van der Waals surface area (Å²) >= 11 is 5.70. The van der Waals surface area contributed by atoms with E-state index in [1.165, 1.54) is 6.20 Å². The van der Waals surface area contributed by atoms with E-state index < -0.39 is 5.91 Å². The van der Waals surface area contributed by atoms with Gasteiger partial charge in [0.05, 0.1) is 5.52 Å². The number of amides is 1. The number of fused-ring (bicyclic) bond motifs is 1. The second-order valence-corrected chi connectivity index (χ2v) is 5.53. The lowest BCUT2D eigenvalue weighted by molar-refractivity contribution is 0.102. The Morgan fingerprint density at radius 1 is 1.04 bits per heavy atom. The third kappa shape index (κ3) is 3.17. The summed E-state index contributed by atoms with van der Waals surface area (Å²) < 4.78 is 1.69. The number of benzene rings is 1. The molecule has 3 heterocycles. The van der Waals surface area contributed by atoms with Crippen molar-refractivity contribution in [3.05, 3.63) is 72.2 Å². The standard InChI is InChI=1S/C17H11ClN6O/c18-17-19-8-7-14(23-17)22-16(25)13-9-24(10-20-13)15-6-5-11-3-1-2-4-12(11)21-15/h1-10H,(H,19,22,23,25). The summed E-state index contributed by atoms with van der Waals surface area (Å²) in [5.41, 5.74) is 1.11. The number of imidazole rings is 1. The van der Waals surface area contributed by atoms with Gasteiger partial charge in [0.1, 0.15) is 23.7 Å². The summed E-state index contributed by atoms with van der Waals surface area (Å²) in [4.78, 5) is 28.6. The first-order chi connectivity index (χ1) is 12.2. The van der Waals surface area contributed by atoms with Crippen LogP contribution in [0.3, 0.4) is 0 Å². The van der Waals surface area contributed by atoms with E-state index in [1.807, 2.05) is 36.4 Å². The lowest BCUT2D eigenvalue weighted by Gasteiger charge is -2.03. The van der Waals surface area contributed by atoms with E-state index in [1.54, 1.807) is 23.2 Å². The van der Waals surface area contributed by atoms with Crippen molar-refractivity contribution in [1.29, 1.82) is 0 Å². The molecule has 1 N–H and O–H groups in total. The molecule has 8 heteroatoms. The zero-order valence-electron chi connectivity index (χ0n) is 12.8. The predicted octanol–water partition coefficient (Wildman–Crippen LogP) is 3.12. The van der Waals surface area contributed by atoms with Gasteiger partial charge >= 0.3 is 0 Å². The summed E-state index contributed by atoms with van der Waals surface area (Å²) in [5, 5.41) is 3.73. The van der Waals surface area contributed by atoms with Gasteiger partial charge in [0.15, 0.2) is 0 Å². The number of carbonyl (C=O) groups excluding carboxylic acids is 1. The number of carbonyl (C=O) groups is 1. The maximum atomic E-state index is 12.3.